The summed E-state index contributed by atoms with van der Waals surface area (Å²) in [5.74, 6) is 0.0557. The van der Waals surface area contributed by atoms with Gasteiger partial charge in [0.15, 0.2) is 0 Å². The van der Waals surface area contributed by atoms with Crippen LogP contribution in [0.25, 0.3) is 0 Å². The molecule has 0 bridgehead atoms. The topological polar surface area (TPSA) is 50.8 Å². The first-order chi connectivity index (χ1) is 6.75. The molecule has 0 saturated heterocycles. The van der Waals surface area contributed by atoms with Crippen LogP contribution in [0.4, 0.5) is 4.39 Å². The van der Waals surface area contributed by atoms with Crippen molar-refractivity contribution in [2.24, 2.45) is 0 Å². The molecule has 0 aliphatic rings. The third kappa shape index (κ3) is 1.82. The lowest BCUT2D eigenvalue weighted by Crippen LogP contribution is -1.85. The van der Waals surface area contributed by atoms with Crippen molar-refractivity contribution in [3.8, 4) is 11.6 Å². The molecule has 72 valence electrons. The van der Waals surface area contributed by atoms with E-state index in [-0.39, 0.29) is 10.9 Å². The molecule has 0 spiro atoms. The minimum absolute atomic E-state index is 0.0532. The highest BCUT2D eigenvalue weighted by Crippen LogP contribution is 2.23. The summed E-state index contributed by atoms with van der Waals surface area (Å²) in [4.78, 5) is 0. The molecular formula is C8H5ClFN3O. The van der Waals surface area contributed by atoms with Crippen LogP contribution in [0.5, 0.6) is 11.6 Å². The summed E-state index contributed by atoms with van der Waals surface area (Å²) in [5.41, 5.74) is 0. The van der Waals surface area contributed by atoms with E-state index in [2.05, 4.69) is 15.4 Å². The van der Waals surface area contributed by atoms with E-state index in [0.717, 1.165) is 0 Å². The highest BCUT2D eigenvalue weighted by molar-refractivity contribution is 6.30. The Hall–Kier alpha value is -1.62. The standard InChI is InChI=1S/C8H5ClFN3O/c9-6-2-1-5(3-7(6)10)14-8-4-11-13-12-8/h1-4H,(H,11,12,13). The van der Waals surface area contributed by atoms with Gasteiger partial charge in [0, 0.05) is 6.07 Å². The molecule has 0 aliphatic heterocycles. The summed E-state index contributed by atoms with van der Waals surface area (Å²) in [6.07, 6.45) is 1.38. The maximum absolute atomic E-state index is 13.0. The second kappa shape index (κ2) is 3.63. The molecule has 0 radical (unpaired) electrons. The van der Waals surface area contributed by atoms with E-state index in [9.17, 15) is 4.39 Å². The van der Waals surface area contributed by atoms with E-state index < -0.39 is 5.82 Å². The molecule has 0 fully saturated rings. The quantitative estimate of drug-likeness (QED) is 0.833. The zero-order valence-electron chi connectivity index (χ0n) is 6.87. The first kappa shape index (κ1) is 8.96. The molecular weight excluding hydrogens is 209 g/mol. The molecule has 0 amide bonds. The van der Waals surface area contributed by atoms with E-state index in [1.807, 2.05) is 0 Å². The number of ether oxygens (including phenoxy) is 1. The number of rotatable bonds is 2. The normalized spacial score (nSPS) is 10.1. The maximum atomic E-state index is 13.0. The lowest BCUT2D eigenvalue weighted by molar-refractivity contribution is 0.457. The lowest BCUT2D eigenvalue weighted by atomic mass is 10.3. The number of aromatic amines is 1. The summed E-state index contributed by atoms with van der Waals surface area (Å²) in [5, 5.41) is 9.61. The number of aromatic nitrogens is 3. The van der Waals surface area contributed by atoms with Crippen molar-refractivity contribution in [2.45, 2.75) is 0 Å². The number of nitrogens with one attached hydrogen (secondary N) is 1. The number of hydrogen-bond donors (Lipinski definition) is 1. The van der Waals surface area contributed by atoms with Crippen LogP contribution in [-0.4, -0.2) is 15.4 Å². The van der Waals surface area contributed by atoms with Crippen LogP contribution in [-0.2, 0) is 0 Å². The summed E-state index contributed by atoms with van der Waals surface area (Å²) in [6.45, 7) is 0. The van der Waals surface area contributed by atoms with Gasteiger partial charge in [-0.3, -0.25) is 0 Å². The van der Waals surface area contributed by atoms with Gasteiger partial charge in [-0.15, -0.1) is 5.10 Å². The van der Waals surface area contributed by atoms with Gasteiger partial charge in [-0.2, -0.15) is 10.3 Å². The van der Waals surface area contributed by atoms with E-state index in [4.69, 9.17) is 16.3 Å². The van der Waals surface area contributed by atoms with Crippen molar-refractivity contribution < 1.29 is 9.13 Å². The fourth-order valence-corrected chi connectivity index (χ4v) is 1.02. The molecule has 0 unspecified atom stereocenters. The second-order valence-corrected chi connectivity index (χ2v) is 2.89. The number of benzene rings is 1. The van der Waals surface area contributed by atoms with E-state index in [0.29, 0.717) is 5.75 Å². The van der Waals surface area contributed by atoms with Crippen LogP contribution >= 0.6 is 11.6 Å². The summed E-state index contributed by atoms with van der Waals surface area (Å²) in [7, 11) is 0. The van der Waals surface area contributed by atoms with Crippen molar-refractivity contribution in [1.29, 1.82) is 0 Å². The SMILES string of the molecule is Fc1cc(Oc2cn[nH]n2)ccc1Cl. The molecule has 1 N–H and O–H groups in total. The Balaban J connectivity index is 2.22. The summed E-state index contributed by atoms with van der Waals surface area (Å²) < 4.78 is 18.1. The van der Waals surface area contributed by atoms with Gasteiger partial charge in [-0.05, 0) is 12.1 Å². The van der Waals surface area contributed by atoms with Gasteiger partial charge in [0.1, 0.15) is 17.8 Å². The van der Waals surface area contributed by atoms with Crippen molar-refractivity contribution in [3.63, 3.8) is 0 Å². The first-order valence-electron chi connectivity index (χ1n) is 3.74. The van der Waals surface area contributed by atoms with Gasteiger partial charge < -0.3 is 4.74 Å². The van der Waals surface area contributed by atoms with E-state index in [1.165, 1.54) is 18.3 Å². The zero-order valence-corrected chi connectivity index (χ0v) is 7.62. The van der Waals surface area contributed by atoms with E-state index >= 15 is 0 Å². The molecule has 2 rings (SSSR count). The summed E-state index contributed by atoms with van der Waals surface area (Å²) >= 11 is 5.50. The van der Waals surface area contributed by atoms with Crippen LogP contribution in [0.2, 0.25) is 5.02 Å². The van der Waals surface area contributed by atoms with Crippen LogP contribution < -0.4 is 4.74 Å². The van der Waals surface area contributed by atoms with Gasteiger partial charge in [-0.25, -0.2) is 4.39 Å². The Morgan fingerprint density at radius 2 is 2.29 bits per heavy atom. The second-order valence-electron chi connectivity index (χ2n) is 2.49. The molecule has 2 aromatic rings. The highest BCUT2D eigenvalue weighted by atomic mass is 35.5. The Morgan fingerprint density at radius 3 is 2.93 bits per heavy atom. The van der Waals surface area contributed by atoms with Crippen LogP contribution in [0.15, 0.2) is 24.4 Å². The molecule has 1 aromatic heterocycles. The monoisotopic (exact) mass is 213 g/mol. The number of halogens is 2. The number of hydrogen-bond acceptors (Lipinski definition) is 3. The molecule has 0 aliphatic carbocycles. The first-order valence-corrected chi connectivity index (χ1v) is 4.12. The Bertz CT molecular complexity index is 432. The largest absolute Gasteiger partial charge is 0.436 e. The maximum Gasteiger partial charge on any atom is 0.258 e. The molecule has 4 nitrogen and oxygen atoms in total. The van der Waals surface area contributed by atoms with Crippen molar-refractivity contribution in [3.05, 3.63) is 35.2 Å². The van der Waals surface area contributed by atoms with Crippen LogP contribution in [0.1, 0.15) is 0 Å². The predicted octanol–water partition coefficient (Wildman–Crippen LogP) is 2.39. The fourth-order valence-electron chi connectivity index (χ4n) is 0.901. The van der Waals surface area contributed by atoms with Crippen molar-refractivity contribution in [1.82, 2.24) is 15.4 Å². The highest BCUT2D eigenvalue weighted by Gasteiger charge is 2.03. The smallest absolute Gasteiger partial charge is 0.258 e. The third-order valence-electron chi connectivity index (χ3n) is 1.51. The number of H-pyrrole nitrogens is 1. The van der Waals surface area contributed by atoms with Crippen molar-refractivity contribution >= 4 is 11.6 Å². The molecule has 1 heterocycles. The Labute approximate surface area is 83.7 Å². The average molecular weight is 214 g/mol. The minimum Gasteiger partial charge on any atom is -0.436 e. The lowest BCUT2D eigenvalue weighted by Gasteiger charge is -2.01. The minimum atomic E-state index is -0.535. The zero-order chi connectivity index (χ0) is 9.97. The van der Waals surface area contributed by atoms with Gasteiger partial charge in [0.05, 0.1) is 5.02 Å². The van der Waals surface area contributed by atoms with E-state index in [1.54, 1.807) is 6.07 Å². The van der Waals surface area contributed by atoms with Gasteiger partial charge in [0.2, 0.25) is 0 Å². The van der Waals surface area contributed by atoms with Crippen molar-refractivity contribution in [2.75, 3.05) is 0 Å². The number of nitrogens with zero attached hydrogens (tertiary/aromatic N) is 2. The van der Waals surface area contributed by atoms with Crippen LogP contribution in [0.3, 0.4) is 0 Å². The molecule has 0 saturated carbocycles. The molecule has 0 atom stereocenters. The molecule has 1 aromatic carbocycles. The van der Waals surface area contributed by atoms with Crippen LogP contribution in [0, 0.1) is 5.82 Å². The summed E-state index contributed by atoms with van der Waals surface area (Å²) in [6, 6.07) is 4.13. The van der Waals surface area contributed by atoms with Gasteiger partial charge in [-0.1, -0.05) is 11.6 Å². The third-order valence-corrected chi connectivity index (χ3v) is 1.81. The predicted molar refractivity (Wildman–Crippen MR) is 47.9 cm³/mol. The average Bonchev–Trinajstić information content (AvgIpc) is 2.64. The molecule has 6 heteroatoms. The van der Waals surface area contributed by atoms with Gasteiger partial charge >= 0.3 is 0 Å². The molecule has 14 heavy (non-hydrogen) atoms. The Kier molecular flexibility index (Phi) is 2.32. The Morgan fingerprint density at radius 1 is 1.43 bits per heavy atom. The van der Waals surface area contributed by atoms with Gasteiger partial charge in [0.25, 0.3) is 5.88 Å². The fraction of sp³-hybridized carbons (Fsp3) is 0.